The Morgan fingerprint density at radius 3 is 2.57 bits per heavy atom. The van der Waals surface area contributed by atoms with Gasteiger partial charge in [0.15, 0.2) is 11.6 Å². The molecule has 3 aromatic rings. The molecule has 3 heterocycles. The van der Waals surface area contributed by atoms with Crippen molar-refractivity contribution in [2.45, 2.75) is 26.2 Å². The van der Waals surface area contributed by atoms with E-state index in [1.54, 1.807) is 12.1 Å². The predicted octanol–water partition coefficient (Wildman–Crippen LogP) is 4.32. The lowest BCUT2D eigenvalue weighted by atomic mass is 10.1. The van der Waals surface area contributed by atoms with Gasteiger partial charge in [0, 0.05) is 24.8 Å². The molecule has 0 spiro atoms. The van der Waals surface area contributed by atoms with Gasteiger partial charge in [0.05, 0.1) is 4.92 Å². The number of H-pyrrole nitrogens is 1. The number of nitro groups is 1. The summed E-state index contributed by atoms with van der Waals surface area (Å²) in [4.78, 5) is 22.5. The molecule has 1 aromatic carbocycles. The second-order valence-electron chi connectivity index (χ2n) is 7.21. The minimum atomic E-state index is -0.420. The van der Waals surface area contributed by atoms with Gasteiger partial charge in [0.2, 0.25) is 11.6 Å². The van der Waals surface area contributed by atoms with Gasteiger partial charge in [-0.1, -0.05) is 36.4 Å². The van der Waals surface area contributed by atoms with Crippen LogP contribution < -0.4 is 10.2 Å². The molecule has 0 bridgehead atoms. The Labute approximate surface area is 174 Å². The van der Waals surface area contributed by atoms with Crippen LogP contribution in [-0.2, 0) is 0 Å². The number of nitrogens with one attached hydrogen (secondary N) is 2. The molecule has 1 fully saturated rings. The second kappa shape index (κ2) is 8.73. The van der Waals surface area contributed by atoms with E-state index >= 15 is 0 Å². The van der Waals surface area contributed by atoms with Gasteiger partial charge in [0.1, 0.15) is 0 Å². The fraction of sp³-hybridized carbons (Fsp3) is 0.286. The Morgan fingerprint density at radius 2 is 1.90 bits per heavy atom. The first-order valence-electron chi connectivity index (χ1n) is 9.94. The topological polar surface area (TPSA) is 113 Å². The minimum Gasteiger partial charge on any atom is -0.351 e. The number of aromatic amines is 1. The van der Waals surface area contributed by atoms with Crippen molar-refractivity contribution in [3.63, 3.8) is 0 Å². The standard InChI is InChI=1S/C21H23N7O2/c1-15-14-18(26-25-15)23-20-19(28(29)30)21(27-12-6-3-7-13-27)24-17(22-20)11-10-16-8-4-2-5-9-16/h2,4-5,8-11,14H,3,6-7,12-13H2,1H3,(H2,22,23,24,25,26). The fourth-order valence-electron chi connectivity index (χ4n) is 3.45. The lowest BCUT2D eigenvalue weighted by Gasteiger charge is -2.27. The third kappa shape index (κ3) is 4.45. The van der Waals surface area contributed by atoms with Gasteiger partial charge in [-0.05, 0) is 37.8 Å². The lowest BCUT2D eigenvalue weighted by Crippen LogP contribution is -2.31. The maximum Gasteiger partial charge on any atom is 0.353 e. The van der Waals surface area contributed by atoms with Gasteiger partial charge in [-0.3, -0.25) is 15.2 Å². The normalized spacial score (nSPS) is 14.2. The Balaban J connectivity index is 1.78. The largest absolute Gasteiger partial charge is 0.353 e. The second-order valence-corrected chi connectivity index (χ2v) is 7.21. The molecule has 0 amide bonds. The summed E-state index contributed by atoms with van der Waals surface area (Å²) in [6.45, 7) is 3.33. The number of hydrogen-bond acceptors (Lipinski definition) is 7. The van der Waals surface area contributed by atoms with Crippen LogP contribution in [0.5, 0.6) is 0 Å². The van der Waals surface area contributed by atoms with Crippen LogP contribution in [0.25, 0.3) is 12.2 Å². The average Bonchev–Trinajstić information content (AvgIpc) is 3.17. The molecule has 1 aliphatic heterocycles. The lowest BCUT2D eigenvalue weighted by molar-refractivity contribution is -0.383. The number of benzene rings is 1. The van der Waals surface area contributed by atoms with Gasteiger partial charge >= 0.3 is 5.69 Å². The summed E-state index contributed by atoms with van der Waals surface area (Å²) in [5.74, 6) is 1.35. The summed E-state index contributed by atoms with van der Waals surface area (Å²) in [5.41, 5.74) is 1.71. The minimum absolute atomic E-state index is 0.130. The van der Waals surface area contributed by atoms with Gasteiger partial charge in [-0.25, -0.2) is 9.97 Å². The molecule has 0 atom stereocenters. The molecule has 0 aliphatic carbocycles. The molecule has 0 unspecified atom stereocenters. The SMILES string of the molecule is Cc1cc(Nc2nc(C=Cc3ccccc3)nc(N3CCCCC3)c2[N+](=O)[O-])n[nH]1. The van der Waals surface area contributed by atoms with Gasteiger partial charge in [-0.2, -0.15) is 5.10 Å². The van der Waals surface area contributed by atoms with Crippen molar-refractivity contribution in [3.05, 3.63) is 63.6 Å². The number of hydrogen-bond donors (Lipinski definition) is 2. The van der Waals surface area contributed by atoms with Crippen molar-refractivity contribution in [1.82, 2.24) is 20.2 Å². The third-order valence-electron chi connectivity index (χ3n) is 4.90. The van der Waals surface area contributed by atoms with Gasteiger partial charge < -0.3 is 10.2 Å². The van der Waals surface area contributed by atoms with Gasteiger partial charge in [0.25, 0.3) is 0 Å². The maximum atomic E-state index is 12.0. The summed E-state index contributed by atoms with van der Waals surface area (Å²) in [5, 5.41) is 21.9. The van der Waals surface area contributed by atoms with Crippen molar-refractivity contribution in [3.8, 4) is 0 Å². The predicted molar refractivity (Wildman–Crippen MR) is 117 cm³/mol. The molecule has 4 rings (SSSR count). The Hall–Kier alpha value is -3.75. The van der Waals surface area contributed by atoms with E-state index < -0.39 is 4.92 Å². The van der Waals surface area contributed by atoms with Crippen LogP contribution in [0.1, 0.15) is 36.3 Å². The smallest absolute Gasteiger partial charge is 0.351 e. The number of aromatic nitrogens is 4. The van der Waals surface area contributed by atoms with Crippen molar-refractivity contribution in [1.29, 1.82) is 0 Å². The highest BCUT2D eigenvalue weighted by atomic mass is 16.6. The van der Waals surface area contributed by atoms with Crippen LogP contribution >= 0.6 is 0 Å². The van der Waals surface area contributed by atoms with E-state index in [0.29, 0.717) is 17.5 Å². The quantitative estimate of drug-likeness (QED) is 0.464. The maximum absolute atomic E-state index is 12.0. The van der Waals surface area contributed by atoms with Crippen LogP contribution in [0.4, 0.5) is 23.1 Å². The highest BCUT2D eigenvalue weighted by molar-refractivity contribution is 5.77. The molecule has 1 aliphatic rings. The molecule has 30 heavy (non-hydrogen) atoms. The van der Waals surface area contributed by atoms with Crippen molar-refractivity contribution in [2.75, 3.05) is 23.3 Å². The Morgan fingerprint density at radius 1 is 1.13 bits per heavy atom. The molecular weight excluding hydrogens is 382 g/mol. The average molecular weight is 405 g/mol. The van der Waals surface area contributed by atoms with Crippen LogP contribution in [-0.4, -0.2) is 38.2 Å². The molecule has 1 saturated heterocycles. The van der Waals surface area contributed by atoms with Crippen LogP contribution in [0.2, 0.25) is 0 Å². The molecule has 0 saturated carbocycles. The fourth-order valence-corrected chi connectivity index (χ4v) is 3.45. The first kappa shape index (κ1) is 19.6. The third-order valence-corrected chi connectivity index (χ3v) is 4.90. The zero-order valence-electron chi connectivity index (χ0n) is 16.7. The Bertz CT molecular complexity index is 1060. The number of piperidine rings is 1. The zero-order chi connectivity index (χ0) is 20.9. The van der Waals surface area contributed by atoms with Crippen molar-refractivity contribution >= 4 is 35.3 Å². The summed E-state index contributed by atoms with van der Waals surface area (Å²) < 4.78 is 0. The molecule has 9 nitrogen and oxygen atoms in total. The molecular formula is C21H23N7O2. The molecule has 2 aromatic heterocycles. The summed E-state index contributed by atoms with van der Waals surface area (Å²) in [7, 11) is 0. The zero-order valence-corrected chi connectivity index (χ0v) is 16.7. The van der Waals surface area contributed by atoms with E-state index in [9.17, 15) is 10.1 Å². The van der Waals surface area contributed by atoms with E-state index in [1.807, 2.05) is 48.2 Å². The van der Waals surface area contributed by atoms with E-state index in [2.05, 4.69) is 25.5 Å². The number of rotatable bonds is 6. The van der Waals surface area contributed by atoms with Gasteiger partial charge in [-0.15, -0.1) is 0 Å². The number of nitrogens with zero attached hydrogens (tertiary/aromatic N) is 5. The van der Waals surface area contributed by atoms with Crippen LogP contribution in [0.15, 0.2) is 36.4 Å². The van der Waals surface area contributed by atoms with Crippen LogP contribution in [0, 0.1) is 17.0 Å². The van der Waals surface area contributed by atoms with E-state index in [-0.39, 0.29) is 11.5 Å². The van der Waals surface area contributed by atoms with E-state index in [0.717, 1.165) is 43.6 Å². The first-order valence-corrected chi connectivity index (χ1v) is 9.94. The summed E-state index contributed by atoms with van der Waals surface area (Å²) in [6.07, 6.45) is 6.75. The Kier molecular flexibility index (Phi) is 5.69. The molecule has 9 heteroatoms. The molecule has 0 radical (unpaired) electrons. The summed E-state index contributed by atoms with van der Waals surface area (Å²) >= 11 is 0. The highest BCUT2D eigenvalue weighted by Gasteiger charge is 2.29. The number of aryl methyl sites for hydroxylation is 1. The highest BCUT2D eigenvalue weighted by Crippen LogP contribution is 2.35. The first-order chi connectivity index (χ1) is 14.6. The van der Waals surface area contributed by atoms with Crippen molar-refractivity contribution in [2.24, 2.45) is 0 Å². The summed E-state index contributed by atoms with van der Waals surface area (Å²) in [6, 6.07) is 11.6. The van der Waals surface area contributed by atoms with Crippen molar-refractivity contribution < 1.29 is 4.92 Å². The molecule has 2 N–H and O–H groups in total. The molecule has 154 valence electrons. The monoisotopic (exact) mass is 405 g/mol. The van der Waals surface area contributed by atoms with Crippen LogP contribution in [0.3, 0.4) is 0 Å². The van der Waals surface area contributed by atoms with E-state index in [4.69, 9.17) is 0 Å². The number of anilines is 3. The van der Waals surface area contributed by atoms with E-state index in [1.165, 1.54) is 0 Å².